The summed E-state index contributed by atoms with van der Waals surface area (Å²) in [6.45, 7) is 2.48. The van der Waals surface area contributed by atoms with Gasteiger partial charge in [0, 0.05) is 6.04 Å². The second-order valence-electron chi connectivity index (χ2n) is 4.68. The van der Waals surface area contributed by atoms with Crippen LogP contribution in [0, 0.1) is 0 Å². The van der Waals surface area contributed by atoms with Crippen LogP contribution in [0.25, 0.3) is 0 Å². The van der Waals surface area contributed by atoms with Gasteiger partial charge in [0.25, 0.3) is 0 Å². The quantitative estimate of drug-likeness (QED) is 0.667. The van der Waals surface area contributed by atoms with Gasteiger partial charge in [0.2, 0.25) is 0 Å². The van der Waals surface area contributed by atoms with Gasteiger partial charge in [-0.25, -0.2) is 0 Å². The van der Waals surface area contributed by atoms with E-state index in [2.05, 4.69) is 23.9 Å². The van der Waals surface area contributed by atoms with Gasteiger partial charge in [-0.3, -0.25) is 0 Å². The SMILES string of the molecule is CCCCCCNC(C)c1ccc(OC(F)F)cc1. The molecule has 0 saturated carbocycles. The number of nitrogens with one attached hydrogen (secondary N) is 1. The Labute approximate surface area is 114 Å². The summed E-state index contributed by atoms with van der Waals surface area (Å²) in [5.41, 5.74) is 1.08. The molecule has 108 valence electrons. The van der Waals surface area contributed by atoms with E-state index in [1.165, 1.54) is 25.7 Å². The van der Waals surface area contributed by atoms with E-state index in [0.29, 0.717) is 0 Å². The molecule has 0 radical (unpaired) electrons. The van der Waals surface area contributed by atoms with Crippen molar-refractivity contribution >= 4 is 0 Å². The highest BCUT2D eigenvalue weighted by Gasteiger charge is 2.07. The van der Waals surface area contributed by atoms with E-state index < -0.39 is 6.61 Å². The molecule has 0 bridgehead atoms. The topological polar surface area (TPSA) is 21.3 Å². The second kappa shape index (κ2) is 8.86. The van der Waals surface area contributed by atoms with Crippen LogP contribution in [0.15, 0.2) is 24.3 Å². The van der Waals surface area contributed by atoms with Crippen molar-refractivity contribution in [3.8, 4) is 5.75 Å². The molecule has 0 aliphatic carbocycles. The van der Waals surface area contributed by atoms with Crippen molar-refractivity contribution in [3.63, 3.8) is 0 Å². The first-order chi connectivity index (χ1) is 9.13. The van der Waals surface area contributed by atoms with Crippen LogP contribution in [0.4, 0.5) is 8.78 Å². The van der Waals surface area contributed by atoms with Gasteiger partial charge in [-0.2, -0.15) is 8.78 Å². The van der Waals surface area contributed by atoms with Gasteiger partial charge >= 0.3 is 6.61 Å². The third-order valence-corrected chi connectivity index (χ3v) is 3.09. The highest BCUT2D eigenvalue weighted by Crippen LogP contribution is 2.19. The molecule has 0 aromatic heterocycles. The molecule has 4 heteroatoms. The Balaban J connectivity index is 2.33. The number of benzene rings is 1. The molecule has 1 N–H and O–H groups in total. The van der Waals surface area contributed by atoms with Crippen molar-refractivity contribution in [1.29, 1.82) is 0 Å². The molecule has 0 fully saturated rings. The first-order valence-corrected chi connectivity index (χ1v) is 6.91. The maximum absolute atomic E-state index is 12.0. The van der Waals surface area contributed by atoms with E-state index in [9.17, 15) is 8.78 Å². The van der Waals surface area contributed by atoms with E-state index in [4.69, 9.17) is 0 Å². The van der Waals surface area contributed by atoms with Crippen molar-refractivity contribution in [2.24, 2.45) is 0 Å². The van der Waals surface area contributed by atoms with Crippen LogP contribution in [-0.4, -0.2) is 13.2 Å². The Morgan fingerprint density at radius 3 is 2.37 bits per heavy atom. The van der Waals surface area contributed by atoms with Crippen LogP contribution < -0.4 is 10.1 Å². The number of hydrogen-bond acceptors (Lipinski definition) is 2. The molecular formula is C15H23F2NO. The van der Waals surface area contributed by atoms with Crippen molar-refractivity contribution in [2.75, 3.05) is 6.54 Å². The molecule has 19 heavy (non-hydrogen) atoms. The number of hydrogen-bond donors (Lipinski definition) is 1. The van der Waals surface area contributed by atoms with Gasteiger partial charge < -0.3 is 10.1 Å². The molecule has 0 spiro atoms. The summed E-state index contributed by atoms with van der Waals surface area (Å²) in [7, 11) is 0. The lowest BCUT2D eigenvalue weighted by Gasteiger charge is -2.14. The molecule has 0 heterocycles. The van der Waals surface area contributed by atoms with E-state index >= 15 is 0 Å². The minimum absolute atomic E-state index is 0.203. The van der Waals surface area contributed by atoms with Crippen LogP contribution in [0.5, 0.6) is 5.75 Å². The molecule has 0 saturated heterocycles. The van der Waals surface area contributed by atoms with Crippen molar-refractivity contribution in [2.45, 2.75) is 52.2 Å². The normalized spacial score (nSPS) is 12.7. The Hall–Kier alpha value is -1.16. The first-order valence-electron chi connectivity index (χ1n) is 6.91. The van der Waals surface area contributed by atoms with Crippen LogP contribution >= 0.6 is 0 Å². The van der Waals surface area contributed by atoms with E-state index in [1.54, 1.807) is 12.1 Å². The fourth-order valence-electron chi connectivity index (χ4n) is 1.93. The van der Waals surface area contributed by atoms with Gasteiger partial charge in [-0.1, -0.05) is 38.3 Å². The molecule has 1 aromatic carbocycles. The molecule has 0 aliphatic heterocycles. The zero-order valence-electron chi connectivity index (χ0n) is 11.7. The largest absolute Gasteiger partial charge is 0.435 e. The van der Waals surface area contributed by atoms with Crippen LogP contribution in [0.1, 0.15) is 51.1 Å². The van der Waals surface area contributed by atoms with Gasteiger partial charge in [0.05, 0.1) is 0 Å². The van der Waals surface area contributed by atoms with Gasteiger partial charge in [-0.05, 0) is 37.6 Å². The highest BCUT2D eigenvalue weighted by molar-refractivity contribution is 5.28. The molecule has 1 unspecified atom stereocenters. The number of unbranched alkanes of at least 4 members (excludes halogenated alkanes) is 3. The van der Waals surface area contributed by atoms with E-state index in [-0.39, 0.29) is 11.8 Å². The lowest BCUT2D eigenvalue weighted by Crippen LogP contribution is -2.19. The summed E-state index contributed by atoms with van der Waals surface area (Å²) >= 11 is 0. The van der Waals surface area contributed by atoms with Crippen LogP contribution in [0.2, 0.25) is 0 Å². The number of rotatable bonds is 9. The summed E-state index contributed by atoms with van der Waals surface area (Å²) in [4.78, 5) is 0. The minimum Gasteiger partial charge on any atom is -0.435 e. The lowest BCUT2D eigenvalue weighted by molar-refractivity contribution is -0.0498. The van der Waals surface area contributed by atoms with Crippen molar-refractivity contribution < 1.29 is 13.5 Å². The summed E-state index contributed by atoms with van der Waals surface area (Å²) in [6.07, 6.45) is 4.93. The average molecular weight is 271 g/mol. The maximum Gasteiger partial charge on any atom is 0.387 e. The average Bonchev–Trinajstić information content (AvgIpc) is 2.38. The molecule has 2 nitrogen and oxygen atoms in total. The molecule has 1 rings (SSSR count). The zero-order chi connectivity index (χ0) is 14.1. The predicted octanol–water partition coefficient (Wildman–Crippen LogP) is 4.52. The summed E-state index contributed by atoms with van der Waals surface area (Å²) in [5, 5.41) is 3.43. The number of halogens is 2. The Morgan fingerprint density at radius 2 is 1.79 bits per heavy atom. The van der Waals surface area contributed by atoms with Gasteiger partial charge in [0.15, 0.2) is 0 Å². The van der Waals surface area contributed by atoms with Crippen LogP contribution in [-0.2, 0) is 0 Å². The summed E-state index contributed by atoms with van der Waals surface area (Å²) in [6, 6.07) is 7.03. The summed E-state index contributed by atoms with van der Waals surface area (Å²) < 4.78 is 28.3. The molecule has 0 aliphatic rings. The lowest BCUT2D eigenvalue weighted by atomic mass is 10.1. The van der Waals surface area contributed by atoms with Gasteiger partial charge in [0.1, 0.15) is 5.75 Å². The van der Waals surface area contributed by atoms with Crippen molar-refractivity contribution in [3.05, 3.63) is 29.8 Å². The number of ether oxygens (including phenoxy) is 1. The Bertz CT molecular complexity index is 341. The summed E-state index contributed by atoms with van der Waals surface area (Å²) in [5.74, 6) is 0.203. The van der Waals surface area contributed by atoms with E-state index in [0.717, 1.165) is 12.1 Å². The van der Waals surface area contributed by atoms with E-state index in [1.807, 2.05) is 12.1 Å². The third kappa shape index (κ3) is 6.53. The highest BCUT2D eigenvalue weighted by atomic mass is 19.3. The van der Waals surface area contributed by atoms with Crippen LogP contribution in [0.3, 0.4) is 0 Å². The molecule has 1 aromatic rings. The number of alkyl halides is 2. The van der Waals surface area contributed by atoms with Gasteiger partial charge in [-0.15, -0.1) is 0 Å². The predicted molar refractivity (Wildman–Crippen MR) is 73.6 cm³/mol. The monoisotopic (exact) mass is 271 g/mol. The molecule has 1 atom stereocenters. The molecular weight excluding hydrogens is 248 g/mol. The van der Waals surface area contributed by atoms with Crippen molar-refractivity contribution in [1.82, 2.24) is 5.32 Å². The smallest absolute Gasteiger partial charge is 0.387 e. The maximum atomic E-state index is 12.0. The standard InChI is InChI=1S/C15H23F2NO/c1-3-4-5-6-11-18-12(2)13-7-9-14(10-8-13)19-15(16)17/h7-10,12,15,18H,3-6,11H2,1-2H3. The fourth-order valence-corrected chi connectivity index (χ4v) is 1.93. The Morgan fingerprint density at radius 1 is 1.11 bits per heavy atom. The first kappa shape index (κ1) is 15.9. The minimum atomic E-state index is -2.76. The zero-order valence-corrected chi connectivity index (χ0v) is 11.7. The third-order valence-electron chi connectivity index (χ3n) is 3.09. The molecule has 0 amide bonds. The Kier molecular flexibility index (Phi) is 7.41. The fraction of sp³-hybridized carbons (Fsp3) is 0.600. The second-order valence-corrected chi connectivity index (χ2v) is 4.68.